The van der Waals surface area contributed by atoms with Crippen LogP contribution in [-0.2, 0) is 31.6 Å². The van der Waals surface area contributed by atoms with Gasteiger partial charge in [0.05, 0.1) is 11.9 Å². The van der Waals surface area contributed by atoms with Crippen molar-refractivity contribution in [3.05, 3.63) is 63.6 Å². The summed E-state index contributed by atoms with van der Waals surface area (Å²) in [5, 5.41) is 3.68. The van der Waals surface area contributed by atoms with Gasteiger partial charge in [0, 0.05) is 22.6 Å². The molecule has 0 radical (unpaired) electrons. The zero-order valence-electron chi connectivity index (χ0n) is 22.5. The number of carbonyl (C=O) groups excluding carboxylic acids is 2. The lowest BCUT2D eigenvalue weighted by Gasteiger charge is -2.32. The van der Waals surface area contributed by atoms with Crippen LogP contribution in [0.2, 0.25) is 10.0 Å². The highest BCUT2D eigenvalue weighted by atomic mass is 35.5. The molecular weight excluding hydrogens is 533 g/mol. The first-order valence-electron chi connectivity index (χ1n) is 12.2. The summed E-state index contributed by atoms with van der Waals surface area (Å²) in [7, 11) is -3.81. The van der Waals surface area contributed by atoms with E-state index in [0.717, 1.165) is 22.5 Å². The highest BCUT2D eigenvalue weighted by molar-refractivity contribution is 7.92. The molecule has 0 aliphatic carbocycles. The Hall–Kier alpha value is -2.29. The van der Waals surface area contributed by atoms with E-state index in [-0.39, 0.29) is 23.9 Å². The van der Waals surface area contributed by atoms with Crippen molar-refractivity contribution < 1.29 is 18.0 Å². The lowest BCUT2D eigenvalue weighted by Crippen LogP contribution is -2.52. The van der Waals surface area contributed by atoms with Crippen LogP contribution in [0.25, 0.3) is 0 Å². The SMILES string of the molecule is CC[C@@H](C)NC(=O)[C@H](C)N(Cc1ccc(Cl)cc1Cl)C(=O)CN(c1ccc(C(C)(C)C)cc1)S(C)(=O)=O. The molecule has 37 heavy (non-hydrogen) atoms. The molecule has 0 spiro atoms. The predicted octanol–water partition coefficient (Wildman–Crippen LogP) is 5.39. The summed E-state index contributed by atoms with van der Waals surface area (Å²) in [5.74, 6) is -0.878. The quantitative estimate of drug-likeness (QED) is 0.415. The van der Waals surface area contributed by atoms with Crippen molar-refractivity contribution in [1.82, 2.24) is 10.2 Å². The van der Waals surface area contributed by atoms with Gasteiger partial charge in [-0.05, 0) is 61.1 Å². The van der Waals surface area contributed by atoms with Crippen molar-refractivity contribution in [2.24, 2.45) is 0 Å². The molecule has 2 aromatic rings. The van der Waals surface area contributed by atoms with Gasteiger partial charge in [-0.3, -0.25) is 13.9 Å². The van der Waals surface area contributed by atoms with Crippen molar-refractivity contribution >= 4 is 50.7 Å². The molecular formula is C27H37Cl2N3O4S. The number of halogens is 2. The summed E-state index contributed by atoms with van der Waals surface area (Å²) < 4.78 is 26.6. The number of hydrogen-bond donors (Lipinski definition) is 1. The van der Waals surface area contributed by atoms with Gasteiger partial charge in [0.25, 0.3) is 0 Å². The van der Waals surface area contributed by atoms with Crippen LogP contribution < -0.4 is 9.62 Å². The van der Waals surface area contributed by atoms with Gasteiger partial charge in [0.2, 0.25) is 21.8 Å². The van der Waals surface area contributed by atoms with Crippen molar-refractivity contribution in [3.63, 3.8) is 0 Å². The Labute approximate surface area is 231 Å². The Balaban J connectivity index is 2.43. The fourth-order valence-corrected chi connectivity index (χ4v) is 4.94. The van der Waals surface area contributed by atoms with E-state index in [1.807, 2.05) is 26.0 Å². The maximum Gasteiger partial charge on any atom is 0.244 e. The van der Waals surface area contributed by atoms with Crippen molar-refractivity contribution in [2.45, 2.75) is 72.0 Å². The number of hydrogen-bond acceptors (Lipinski definition) is 4. The number of anilines is 1. The zero-order chi connectivity index (χ0) is 28.1. The Kier molecular flexibility index (Phi) is 10.5. The van der Waals surface area contributed by atoms with E-state index in [0.29, 0.717) is 21.3 Å². The van der Waals surface area contributed by atoms with E-state index in [1.165, 1.54) is 4.90 Å². The second kappa shape index (κ2) is 12.5. The van der Waals surface area contributed by atoms with Crippen LogP contribution in [0.3, 0.4) is 0 Å². The Morgan fingerprint density at radius 3 is 2.11 bits per heavy atom. The summed E-state index contributed by atoms with van der Waals surface area (Å²) in [5.41, 5.74) is 1.87. The molecule has 0 fully saturated rings. The minimum Gasteiger partial charge on any atom is -0.352 e. The second-order valence-electron chi connectivity index (χ2n) is 10.3. The molecule has 10 heteroatoms. The van der Waals surface area contributed by atoms with Crippen LogP contribution in [0.4, 0.5) is 5.69 Å². The first kappa shape index (κ1) is 30.9. The average molecular weight is 571 g/mol. The molecule has 1 N–H and O–H groups in total. The van der Waals surface area contributed by atoms with Gasteiger partial charge in [-0.25, -0.2) is 8.42 Å². The first-order valence-corrected chi connectivity index (χ1v) is 14.8. The Morgan fingerprint density at radius 2 is 1.62 bits per heavy atom. The molecule has 0 aliphatic rings. The van der Waals surface area contributed by atoms with E-state index in [4.69, 9.17) is 23.2 Å². The predicted molar refractivity (Wildman–Crippen MR) is 152 cm³/mol. The third kappa shape index (κ3) is 8.62. The fourth-order valence-electron chi connectivity index (χ4n) is 3.62. The lowest BCUT2D eigenvalue weighted by molar-refractivity contribution is -0.139. The Morgan fingerprint density at radius 1 is 1.03 bits per heavy atom. The van der Waals surface area contributed by atoms with Gasteiger partial charge >= 0.3 is 0 Å². The molecule has 2 amide bonds. The topological polar surface area (TPSA) is 86.8 Å². The van der Waals surface area contributed by atoms with E-state index in [1.54, 1.807) is 37.3 Å². The monoisotopic (exact) mass is 569 g/mol. The van der Waals surface area contributed by atoms with E-state index in [9.17, 15) is 18.0 Å². The Bertz CT molecular complexity index is 1210. The van der Waals surface area contributed by atoms with Crippen LogP contribution in [0.1, 0.15) is 59.1 Å². The maximum absolute atomic E-state index is 13.7. The molecule has 7 nitrogen and oxygen atoms in total. The zero-order valence-corrected chi connectivity index (χ0v) is 24.8. The number of nitrogens with one attached hydrogen (secondary N) is 1. The van der Waals surface area contributed by atoms with E-state index < -0.39 is 28.5 Å². The van der Waals surface area contributed by atoms with E-state index in [2.05, 4.69) is 26.1 Å². The fraction of sp³-hybridized carbons (Fsp3) is 0.481. The molecule has 0 bridgehead atoms. The number of benzene rings is 2. The van der Waals surface area contributed by atoms with Crippen LogP contribution in [0.5, 0.6) is 0 Å². The standard InChI is InChI=1S/C27H37Cl2N3O4S/c1-8-18(2)30-26(34)19(3)31(16-20-9-12-22(28)15-24(20)29)25(33)17-32(37(7,35)36)23-13-10-21(11-14-23)27(4,5)6/h9-15,18-19H,8,16-17H2,1-7H3,(H,30,34)/t18-,19+/m1/s1. The summed E-state index contributed by atoms with van der Waals surface area (Å²) in [6.07, 6.45) is 1.78. The summed E-state index contributed by atoms with van der Waals surface area (Å²) in [6.45, 7) is 11.1. The number of amides is 2. The second-order valence-corrected chi connectivity index (χ2v) is 13.1. The first-order chi connectivity index (χ1) is 17.0. The molecule has 2 rings (SSSR count). The molecule has 0 saturated heterocycles. The highest BCUT2D eigenvalue weighted by Gasteiger charge is 2.31. The average Bonchev–Trinajstić information content (AvgIpc) is 2.80. The van der Waals surface area contributed by atoms with Gasteiger partial charge in [0.15, 0.2) is 0 Å². The third-order valence-corrected chi connectivity index (χ3v) is 7.95. The van der Waals surface area contributed by atoms with Crippen molar-refractivity contribution in [3.8, 4) is 0 Å². The molecule has 0 saturated carbocycles. The van der Waals surface area contributed by atoms with Gasteiger partial charge in [-0.15, -0.1) is 0 Å². The van der Waals surface area contributed by atoms with Crippen LogP contribution in [0, 0.1) is 0 Å². The molecule has 0 aliphatic heterocycles. The van der Waals surface area contributed by atoms with Gasteiger partial charge < -0.3 is 10.2 Å². The van der Waals surface area contributed by atoms with Crippen molar-refractivity contribution in [2.75, 3.05) is 17.1 Å². The molecule has 0 heterocycles. The number of rotatable bonds is 10. The van der Waals surface area contributed by atoms with E-state index >= 15 is 0 Å². The highest BCUT2D eigenvalue weighted by Crippen LogP contribution is 2.27. The number of nitrogens with zero attached hydrogens (tertiary/aromatic N) is 2. The van der Waals surface area contributed by atoms with Gasteiger partial charge in [-0.1, -0.05) is 69.1 Å². The normalized spacial score (nSPS) is 13.5. The lowest BCUT2D eigenvalue weighted by atomic mass is 9.87. The van der Waals surface area contributed by atoms with Crippen LogP contribution in [0.15, 0.2) is 42.5 Å². The van der Waals surface area contributed by atoms with Crippen LogP contribution >= 0.6 is 23.2 Å². The van der Waals surface area contributed by atoms with Gasteiger partial charge in [0.1, 0.15) is 12.6 Å². The third-order valence-electron chi connectivity index (χ3n) is 6.22. The van der Waals surface area contributed by atoms with Crippen LogP contribution in [-0.4, -0.2) is 50.0 Å². The largest absolute Gasteiger partial charge is 0.352 e. The van der Waals surface area contributed by atoms with Crippen molar-refractivity contribution in [1.29, 1.82) is 0 Å². The summed E-state index contributed by atoms with van der Waals surface area (Å²) >= 11 is 12.4. The summed E-state index contributed by atoms with van der Waals surface area (Å²) in [4.78, 5) is 28.0. The smallest absolute Gasteiger partial charge is 0.244 e. The van der Waals surface area contributed by atoms with Gasteiger partial charge in [-0.2, -0.15) is 0 Å². The number of carbonyl (C=O) groups is 2. The molecule has 0 unspecified atom stereocenters. The molecule has 0 aromatic heterocycles. The molecule has 204 valence electrons. The molecule has 2 atom stereocenters. The minimum atomic E-state index is -3.81. The minimum absolute atomic E-state index is 0.00446. The molecule has 2 aromatic carbocycles. The number of sulfonamides is 1. The summed E-state index contributed by atoms with van der Waals surface area (Å²) in [6, 6.07) is 11.0. The maximum atomic E-state index is 13.7.